The summed E-state index contributed by atoms with van der Waals surface area (Å²) in [5.41, 5.74) is -0.314. The highest BCUT2D eigenvalue weighted by atomic mass is 79.9. The summed E-state index contributed by atoms with van der Waals surface area (Å²) < 4.78 is 52.2. The lowest BCUT2D eigenvalue weighted by Crippen LogP contribution is -2.13. The summed E-state index contributed by atoms with van der Waals surface area (Å²) in [6.07, 6.45) is 0. The molecule has 0 unspecified atom stereocenters. The van der Waals surface area contributed by atoms with E-state index in [2.05, 4.69) is 21.2 Å². The minimum absolute atomic E-state index is 0.0980. The van der Waals surface area contributed by atoms with Gasteiger partial charge in [-0.15, -0.1) is 0 Å². The molecule has 1 amide bonds. The summed E-state index contributed by atoms with van der Waals surface area (Å²) in [6.45, 7) is 0. The maximum Gasteiger partial charge on any atom is 0.255 e. The predicted molar refractivity (Wildman–Crippen MR) is 68.4 cm³/mol. The van der Waals surface area contributed by atoms with Gasteiger partial charge in [-0.3, -0.25) is 4.79 Å². The van der Waals surface area contributed by atoms with Crippen LogP contribution in [0.2, 0.25) is 0 Å². The molecule has 0 spiro atoms. The highest BCUT2D eigenvalue weighted by Crippen LogP contribution is 2.20. The Kier molecular flexibility index (Phi) is 4.08. The van der Waals surface area contributed by atoms with Gasteiger partial charge in [0.15, 0.2) is 17.5 Å². The summed E-state index contributed by atoms with van der Waals surface area (Å²) in [4.78, 5) is 11.7. The van der Waals surface area contributed by atoms with Crippen LogP contribution < -0.4 is 5.32 Å². The van der Waals surface area contributed by atoms with E-state index >= 15 is 0 Å². The fraction of sp³-hybridized carbons (Fsp3) is 0. The lowest BCUT2D eigenvalue weighted by molar-refractivity contribution is 0.102. The first-order valence-corrected chi connectivity index (χ1v) is 6.08. The van der Waals surface area contributed by atoms with E-state index in [0.29, 0.717) is 12.1 Å². The number of anilines is 1. The lowest BCUT2D eigenvalue weighted by Gasteiger charge is -2.07. The standard InChI is InChI=1S/C13H6BrF4NO/c14-8-2-1-7(5-9(8)15)19-13(20)6-3-10(16)12(18)11(17)4-6/h1-5H,(H,19,20). The van der Waals surface area contributed by atoms with Crippen molar-refractivity contribution in [3.05, 3.63) is 63.6 Å². The van der Waals surface area contributed by atoms with Crippen LogP contribution in [0.1, 0.15) is 10.4 Å². The zero-order valence-corrected chi connectivity index (χ0v) is 11.3. The smallest absolute Gasteiger partial charge is 0.255 e. The first-order valence-electron chi connectivity index (χ1n) is 5.29. The van der Waals surface area contributed by atoms with Gasteiger partial charge in [-0.1, -0.05) is 0 Å². The van der Waals surface area contributed by atoms with Crippen LogP contribution in [0.15, 0.2) is 34.8 Å². The Balaban J connectivity index is 2.26. The molecule has 0 aliphatic carbocycles. The van der Waals surface area contributed by atoms with Crippen molar-refractivity contribution in [3.63, 3.8) is 0 Å². The van der Waals surface area contributed by atoms with Crippen LogP contribution in [-0.4, -0.2) is 5.91 Å². The summed E-state index contributed by atoms with van der Waals surface area (Å²) in [5.74, 6) is -6.10. The average Bonchev–Trinajstić information content (AvgIpc) is 2.39. The van der Waals surface area contributed by atoms with E-state index in [1.165, 1.54) is 12.1 Å². The molecule has 20 heavy (non-hydrogen) atoms. The molecule has 104 valence electrons. The van der Waals surface area contributed by atoms with E-state index in [-0.39, 0.29) is 10.2 Å². The number of carbonyl (C=O) groups excluding carboxylic acids is 1. The molecule has 0 heterocycles. The Morgan fingerprint density at radius 2 is 1.55 bits per heavy atom. The lowest BCUT2D eigenvalue weighted by atomic mass is 10.2. The zero-order valence-electron chi connectivity index (χ0n) is 9.68. The molecular formula is C13H6BrF4NO. The molecule has 0 aliphatic rings. The normalized spacial score (nSPS) is 10.4. The summed E-state index contributed by atoms with van der Waals surface area (Å²) in [7, 11) is 0. The van der Waals surface area contributed by atoms with Crippen molar-refractivity contribution in [3.8, 4) is 0 Å². The van der Waals surface area contributed by atoms with Gasteiger partial charge in [-0.05, 0) is 46.3 Å². The topological polar surface area (TPSA) is 29.1 Å². The SMILES string of the molecule is O=C(Nc1ccc(Br)c(F)c1)c1cc(F)c(F)c(F)c1. The van der Waals surface area contributed by atoms with Crippen LogP contribution >= 0.6 is 15.9 Å². The second-order valence-corrected chi connectivity index (χ2v) is 4.69. The molecule has 0 saturated heterocycles. The van der Waals surface area contributed by atoms with Gasteiger partial charge in [0.25, 0.3) is 5.91 Å². The quantitative estimate of drug-likeness (QED) is 0.638. The van der Waals surface area contributed by atoms with Crippen LogP contribution in [-0.2, 0) is 0 Å². The average molecular weight is 348 g/mol. The predicted octanol–water partition coefficient (Wildman–Crippen LogP) is 4.26. The minimum Gasteiger partial charge on any atom is -0.322 e. The Morgan fingerprint density at radius 3 is 2.10 bits per heavy atom. The van der Waals surface area contributed by atoms with Gasteiger partial charge in [0.05, 0.1) is 4.47 Å². The van der Waals surface area contributed by atoms with E-state index in [4.69, 9.17) is 0 Å². The maximum atomic E-state index is 13.2. The van der Waals surface area contributed by atoms with E-state index in [1.54, 1.807) is 0 Å². The molecule has 0 saturated carbocycles. The molecule has 2 rings (SSSR count). The van der Waals surface area contributed by atoms with Crippen molar-refractivity contribution < 1.29 is 22.4 Å². The number of hydrogen-bond acceptors (Lipinski definition) is 1. The van der Waals surface area contributed by atoms with Crippen molar-refractivity contribution >= 4 is 27.5 Å². The van der Waals surface area contributed by atoms with Crippen molar-refractivity contribution in [2.45, 2.75) is 0 Å². The number of rotatable bonds is 2. The molecule has 2 aromatic rings. The molecular weight excluding hydrogens is 342 g/mol. The molecule has 7 heteroatoms. The van der Waals surface area contributed by atoms with Crippen LogP contribution in [0.4, 0.5) is 23.2 Å². The Morgan fingerprint density at radius 1 is 0.950 bits per heavy atom. The van der Waals surface area contributed by atoms with Gasteiger partial charge in [0.1, 0.15) is 5.82 Å². The third kappa shape index (κ3) is 2.98. The zero-order chi connectivity index (χ0) is 14.9. The van der Waals surface area contributed by atoms with Crippen molar-refractivity contribution in [1.82, 2.24) is 0 Å². The van der Waals surface area contributed by atoms with E-state index < -0.39 is 34.7 Å². The first-order chi connectivity index (χ1) is 9.38. The van der Waals surface area contributed by atoms with Crippen molar-refractivity contribution in [1.29, 1.82) is 0 Å². The van der Waals surface area contributed by atoms with Crippen LogP contribution in [0.3, 0.4) is 0 Å². The highest BCUT2D eigenvalue weighted by molar-refractivity contribution is 9.10. The van der Waals surface area contributed by atoms with E-state index in [1.807, 2.05) is 0 Å². The Labute approximate surface area is 119 Å². The van der Waals surface area contributed by atoms with Gasteiger partial charge >= 0.3 is 0 Å². The molecule has 2 aromatic carbocycles. The summed E-state index contributed by atoms with van der Waals surface area (Å²) >= 11 is 2.94. The summed E-state index contributed by atoms with van der Waals surface area (Å²) in [6, 6.07) is 4.89. The molecule has 0 fully saturated rings. The molecule has 1 N–H and O–H groups in total. The molecule has 0 aliphatic heterocycles. The highest BCUT2D eigenvalue weighted by Gasteiger charge is 2.15. The maximum absolute atomic E-state index is 13.2. The third-order valence-electron chi connectivity index (χ3n) is 2.42. The monoisotopic (exact) mass is 347 g/mol. The number of halogens is 5. The summed E-state index contributed by atoms with van der Waals surface area (Å²) in [5, 5.41) is 2.24. The minimum atomic E-state index is -1.66. The van der Waals surface area contributed by atoms with Crippen molar-refractivity contribution in [2.75, 3.05) is 5.32 Å². The number of amides is 1. The van der Waals surface area contributed by atoms with Gasteiger partial charge < -0.3 is 5.32 Å². The van der Waals surface area contributed by atoms with Crippen LogP contribution in [0.25, 0.3) is 0 Å². The largest absolute Gasteiger partial charge is 0.322 e. The van der Waals surface area contributed by atoms with E-state index in [0.717, 1.165) is 6.07 Å². The Hall–Kier alpha value is -1.89. The van der Waals surface area contributed by atoms with Gasteiger partial charge in [0.2, 0.25) is 0 Å². The first kappa shape index (κ1) is 14.5. The number of hydrogen-bond donors (Lipinski definition) is 1. The Bertz CT molecular complexity index is 667. The second-order valence-electron chi connectivity index (χ2n) is 3.84. The fourth-order valence-corrected chi connectivity index (χ4v) is 1.71. The molecule has 0 bridgehead atoms. The number of benzene rings is 2. The molecule has 2 nitrogen and oxygen atoms in total. The van der Waals surface area contributed by atoms with E-state index in [9.17, 15) is 22.4 Å². The molecule has 0 atom stereocenters. The molecule has 0 aromatic heterocycles. The third-order valence-corrected chi connectivity index (χ3v) is 3.07. The van der Waals surface area contributed by atoms with Crippen LogP contribution in [0.5, 0.6) is 0 Å². The second kappa shape index (κ2) is 5.62. The van der Waals surface area contributed by atoms with Crippen molar-refractivity contribution in [2.24, 2.45) is 0 Å². The number of carbonyl (C=O) groups is 1. The van der Waals surface area contributed by atoms with Crippen LogP contribution in [0, 0.1) is 23.3 Å². The fourth-order valence-electron chi connectivity index (χ4n) is 1.46. The van der Waals surface area contributed by atoms with Gasteiger partial charge in [-0.25, -0.2) is 17.6 Å². The van der Waals surface area contributed by atoms with Gasteiger partial charge in [-0.2, -0.15) is 0 Å². The molecule has 0 radical (unpaired) electrons. The number of nitrogens with one attached hydrogen (secondary N) is 1. The van der Waals surface area contributed by atoms with Gasteiger partial charge in [0, 0.05) is 11.3 Å².